The molecule has 0 saturated heterocycles. The van der Waals surface area contributed by atoms with Crippen LogP contribution in [0.3, 0.4) is 0 Å². The highest BCUT2D eigenvalue weighted by atomic mass is 35.5. The lowest BCUT2D eigenvalue weighted by atomic mass is 10.1. The van der Waals surface area contributed by atoms with Crippen molar-refractivity contribution < 1.29 is 19.1 Å². The largest absolute Gasteiger partial charge is 0.478 e. The summed E-state index contributed by atoms with van der Waals surface area (Å²) in [4.78, 5) is 44.3. The van der Waals surface area contributed by atoms with Gasteiger partial charge in [0.05, 0.1) is 17.1 Å². The number of amides is 2. The monoisotopic (exact) mass is 574 g/mol. The predicted molar refractivity (Wildman–Crippen MR) is 150 cm³/mol. The number of nitrogens with zero attached hydrogens (tertiary/aromatic N) is 3. The quantitative estimate of drug-likeness (QED) is 0.185. The molecule has 0 spiro atoms. The Hall–Kier alpha value is -4.01. The lowest BCUT2D eigenvalue weighted by Gasteiger charge is -2.20. The molecule has 0 saturated carbocycles. The minimum Gasteiger partial charge on any atom is -0.478 e. The van der Waals surface area contributed by atoms with Gasteiger partial charge in [-0.3, -0.25) is 9.59 Å². The molecule has 11 nitrogen and oxygen atoms in total. The molecule has 0 aliphatic carbocycles. The highest BCUT2D eigenvalue weighted by molar-refractivity contribution is 6.36. The molecule has 3 aromatic rings. The Morgan fingerprint density at radius 1 is 1.18 bits per heavy atom. The molecule has 3 N–H and O–H groups in total. The fourth-order valence-electron chi connectivity index (χ4n) is 3.48. The number of likely N-dealkylation sites (N-methyl/N-ethyl adjacent to an activating group) is 1. The highest BCUT2D eigenvalue weighted by Crippen LogP contribution is 2.33. The van der Waals surface area contributed by atoms with Crippen LogP contribution in [0.25, 0.3) is 15.7 Å². The zero-order chi connectivity index (χ0) is 28.7. The number of anilines is 2. The summed E-state index contributed by atoms with van der Waals surface area (Å²) in [5.41, 5.74) is 0.279. The number of pyridine rings is 2. The summed E-state index contributed by atoms with van der Waals surface area (Å²) in [6.45, 7) is 12.7. The number of alkyl carbamates (subject to hydrolysis) is 1. The molecule has 0 unspecified atom stereocenters. The Morgan fingerprint density at radius 2 is 1.92 bits per heavy atom. The Morgan fingerprint density at radius 3 is 2.59 bits per heavy atom. The predicted octanol–water partition coefficient (Wildman–Crippen LogP) is 5.04. The summed E-state index contributed by atoms with van der Waals surface area (Å²) >= 11 is 12.3. The van der Waals surface area contributed by atoms with E-state index in [0.29, 0.717) is 23.0 Å². The standard InChI is InChI=1S/C26H28Cl2N6O5/c1-26(2,3)39-25(37)31-9-6-10-34-19-8-7-16(32-23-17(27)13-18(29-4)22(28)33-23)11-15(19)12-20(24(34)36)38-14-21(35)30-5/h7-8,11-13H,6,9-10,14H2,1-3,5H3,(H,30,35)(H,31,37)(H,32,33). The SMILES string of the molecule is [C-]#[N+]c1cc(Cl)c(Nc2ccc3c(c2)cc(OCC(=O)NC)c(=O)n3CCCNC(=O)OC(C)(C)C)nc1Cl. The van der Waals surface area contributed by atoms with Crippen molar-refractivity contribution in [2.75, 3.05) is 25.5 Å². The third-order valence-corrected chi connectivity index (χ3v) is 5.79. The summed E-state index contributed by atoms with van der Waals surface area (Å²) in [5.74, 6) is -0.145. The topological polar surface area (TPSA) is 128 Å². The summed E-state index contributed by atoms with van der Waals surface area (Å²) in [6, 6.07) is 8.20. The van der Waals surface area contributed by atoms with Gasteiger partial charge in [0.2, 0.25) is 5.69 Å². The van der Waals surface area contributed by atoms with E-state index < -0.39 is 23.2 Å². The molecule has 206 valence electrons. The first-order valence-corrected chi connectivity index (χ1v) is 12.7. The van der Waals surface area contributed by atoms with Crippen LogP contribution >= 0.6 is 23.2 Å². The van der Waals surface area contributed by atoms with Crippen LogP contribution in [0.15, 0.2) is 35.1 Å². The first-order chi connectivity index (χ1) is 18.4. The van der Waals surface area contributed by atoms with Gasteiger partial charge < -0.3 is 30.0 Å². The number of aromatic nitrogens is 2. The zero-order valence-corrected chi connectivity index (χ0v) is 23.4. The highest BCUT2D eigenvalue weighted by Gasteiger charge is 2.17. The van der Waals surface area contributed by atoms with Gasteiger partial charge in [-0.15, -0.1) is 0 Å². The second-order valence-corrected chi connectivity index (χ2v) is 10.1. The van der Waals surface area contributed by atoms with E-state index in [9.17, 15) is 14.4 Å². The number of hydrogen-bond donors (Lipinski definition) is 3. The smallest absolute Gasteiger partial charge is 0.407 e. The van der Waals surface area contributed by atoms with E-state index in [1.807, 2.05) is 0 Å². The van der Waals surface area contributed by atoms with Gasteiger partial charge in [-0.05, 0) is 57.5 Å². The molecule has 1 aromatic carbocycles. The molecular formula is C26H28Cl2N6O5. The van der Waals surface area contributed by atoms with Gasteiger partial charge >= 0.3 is 6.09 Å². The third-order valence-electron chi connectivity index (χ3n) is 5.22. The number of carbonyl (C=O) groups is 2. The Bertz CT molecular complexity index is 1490. The van der Waals surface area contributed by atoms with Crippen LogP contribution in [0.4, 0.5) is 22.0 Å². The number of ether oxygens (including phenoxy) is 2. The van der Waals surface area contributed by atoms with E-state index in [1.165, 1.54) is 17.7 Å². The number of fused-ring (bicyclic) bond motifs is 1. The summed E-state index contributed by atoms with van der Waals surface area (Å²) < 4.78 is 12.3. The van der Waals surface area contributed by atoms with Gasteiger partial charge in [0.1, 0.15) is 16.6 Å². The van der Waals surface area contributed by atoms with Crippen LogP contribution in [-0.4, -0.2) is 47.4 Å². The van der Waals surface area contributed by atoms with E-state index in [2.05, 4.69) is 25.8 Å². The maximum Gasteiger partial charge on any atom is 0.407 e. The lowest BCUT2D eigenvalue weighted by molar-refractivity contribution is -0.122. The Labute approximate surface area is 235 Å². The van der Waals surface area contributed by atoms with Gasteiger partial charge in [-0.2, -0.15) is 0 Å². The number of aryl methyl sites for hydroxylation is 1. The van der Waals surface area contributed by atoms with Crippen LogP contribution in [0.1, 0.15) is 27.2 Å². The normalized spacial score (nSPS) is 11.0. The summed E-state index contributed by atoms with van der Waals surface area (Å²) in [5, 5.41) is 9.04. The first-order valence-electron chi connectivity index (χ1n) is 11.9. The van der Waals surface area contributed by atoms with Crippen molar-refractivity contribution in [2.45, 2.75) is 39.3 Å². The fourth-order valence-corrected chi connectivity index (χ4v) is 3.86. The molecule has 0 aliphatic rings. The van der Waals surface area contributed by atoms with Crippen LogP contribution in [0.2, 0.25) is 10.2 Å². The summed E-state index contributed by atoms with van der Waals surface area (Å²) in [7, 11) is 1.47. The molecular weight excluding hydrogens is 547 g/mol. The molecule has 2 aromatic heterocycles. The van der Waals surface area contributed by atoms with Crippen molar-refractivity contribution in [1.29, 1.82) is 0 Å². The number of rotatable bonds is 9. The molecule has 0 aliphatic heterocycles. The minimum atomic E-state index is -0.622. The molecule has 13 heteroatoms. The molecule has 3 rings (SSSR count). The summed E-state index contributed by atoms with van der Waals surface area (Å²) in [6.07, 6.45) is -0.117. The van der Waals surface area contributed by atoms with Gasteiger partial charge in [0.25, 0.3) is 11.5 Å². The van der Waals surface area contributed by atoms with Gasteiger partial charge in [0, 0.05) is 31.2 Å². The van der Waals surface area contributed by atoms with Crippen LogP contribution in [0.5, 0.6) is 5.75 Å². The van der Waals surface area contributed by atoms with Crippen molar-refractivity contribution in [3.05, 3.63) is 62.3 Å². The van der Waals surface area contributed by atoms with Crippen molar-refractivity contribution in [3.8, 4) is 5.75 Å². The van der Waals surface area contributed by atoms with E-state index in [-0.39, 0.29) is 47.1 Å². The van der Waals surface area contributed by atoms with Gasteiger partial charge in [0.15, 0.2) is 12.4 Å². The lowest BCUT2D eigenvalue weighted by Crippen LogP contribution is -2.33. The average molecular weight is 575 g/mol. The van der Waals surface area contributed by atoms with E-state index >= 15 is 0 Å². The second kappa shape index (κ2) is 12.7. The van der Waals surface area contributed by atoms with Crippen molar-refractivity contribution in [2.24, 2.45) is 0 Å². The van der Waals surface area contributed by atoms with Crippen LogP contribution in [-0.2, 0) is 16.1 Å². The Balaban J connectivity index is 1.90. The molecule has 39 heavy (non-hydrogen) atoms. The second-order valence-electron chi connectivity index (χ2n) is 9.35. The van der Waals surface area contributed by atoms with E-state index in [0.717, 1.165) is 0 Å². The molecule has 0 fully saturated rings. The van der Waals surface area contributed by atoms with Crippen molar-refractivity contribution in [1.82, 2.24) is 20.2 Å². The van der Waals surface area contributed by atoms with E-state index in [4.69, 9.17) is 39.2 Å². The number of benzene rings is 1. The van der Waals surface area contributed by atoms with Crippen LogP contribution in [0, 0.1) is 6.57 Å². The first kappa shape index (κ1) is 29.5. The zero-order valence-electron chi connectivity index (χ0n) is 21.9. The molecule has 2 amide bonds. The van der Waals surface area contributed by atoms with Crippen molar-refractivity contribution >= 4 is 63.3 Å². The molecule has 0 bridgehead atoms. The maximum absolute atomic E-state index is 13.2. The van der Waals surface area contributed by atoms with Crippen molar-refractivity contribution in [3.63, 3.8) is 0 Å². The third kappa shape index (κ3) is 7.99. The minimum absolute atomic E-state index is 0.0102. The maximum atomic E-state index is 13.2. The van der Waals surface area contributed by atoms with E-state index in [1.54, 1.807) is 45.0 Å². The number of nitrogens with one attached hydrogen (secondary N) is 3. The number of carbonyl (C=O) groups excluding carboxylic acids is 2. The van der Waals surface area contributed by atoms with Crippen LogP contribution < -0.4 is 26.2 Å². The molecule has 2 heterocycles. The number of halogens is 2. The molecule has 0 radical (unpaired) electrons. The average Bonchev–Trinajstić information content (AvgIpc) is 2.87. The molecule has 0 atom stereocenters. The fraction of sp³-hybridized carbons (Fsp3) is 0.346. The Kier molecular flexibility index (Phi) is 9.61. The van der Waals surface area contributed by atoms with Gasteiger partial charge in [-0.25, -0.2) is 14.6 Å². The van der Waals surface area contributed by atoms with Gasteiger partial charge in [-0.1, -0.05) is 23.2 Å². The number of hydrogen-bond acceptors (Lipinski definition) is 7.